The third-order valence-electron chi connectivity index (χ3n) is 2.91. The number of hydrogen-bond donors (Lipinski definition) is 0. The lowest BCUT2D eigenvalue weighted by Gasteiger charge is -2.09. The van der Waals surface area contributed by atoms with Crippen molar-refractivity contribution in [3.63, 3.8) is 0 Å². The van der Waals surface area contributed by atoms with E-state index in [1.54, 1.807) is 0 Å². The summed E-state index contributed by atoms with van der Waals surface area (Å²) < 4.78 is 6.92. The van der Waals surface area contributed by atoms with E-state index in [1.807, 2.05) is 42.5 Å². The van der Waals surface area contributed by atoms with Gasteiger partial charge in [0.25, 0.3) is 0 Å². The molecule has 0 saturated carbocycles. The van der Waals surface area contributed by atoms with Crippen LogP contribution in [0.1, 0.15) is 0 Å². The Balaban J connectivity index is 1.83. The number of rotatable bonds is 3. The van der Waals surface area contributed by atoms with Gasteiger partial charge >= 0.3 is 5.69 Å². The Morgan fingerprint density at radius 1 is 1.15 bits per heavy atom. The minimum Gasteiger partial charge on any atom is -0.473 e. The zero-order valence-electron chi connectivity index (χ0n) is 10.5. The Kier molecular flexibility index (Phi) is 3.39. The molecule has 0 amide bonds. The van der Waals surface area contributed by atoms with Gasteiger partial charge in [0, 0.05) is 6.20 Å². The van der Waals surface area contributed by atoms with E-state index in [-0.39, 0.29) is 6.73 Å². The minimum atomic E-state index is -0.393. The van der Waals surface area contributed by atoms with Gasteiger partial charge < -0.3 is 4.74 Å². The fraction of sp³-hybridized carbons (Fsp3) is 0.0667. The van der Waals surface area contributed by atoms with Crippen molar-refractivity contribution in [2.45, 2.75) is 6.73 Å². The van der Waals surface area contributed by atoms with E-state index in [4.69, 9.17) is 16.3 Å². The van der Waals surface area contributed by atoms with Gasteiger partial charge in [-0.1, -0.05) is 41.9 Å². The Bertz CT molecular complexity index is 814. The molecule has 0 N–H and O–H groups in total. The Morgan fingerprint density at radius 2 is 1.95 bits per heavy atom. The third-order valence-corrected chi connectivity index (χ3v) is 3.11. The van der Waals surface area contributed by atoms with Crippen LogP contribution in [-0.2, 0) is 6.73 Å². The highest BCUT2D eigenvalue weighted by atomic mass is 35.5. The maximum atomic E-state index is 11.5. The first-order valence-electron chi connectivity index (χ1n) is 6.06. The highest BCUT2D eigenvalue weighted by molar-refractivity contribution is 6.30. The molecule has 0 atom stereocenters. The summed E-state index contributed by atoms with van der Waals surface area (Å²) in [4.78, 5) is 15.2. The van der Waals surface area contributed by atoms with Crippen molar-refractivity contribution in [3.8, 4) is 5.75 Å². The van der Waals surface area contributed by atoms with E-state index in [2.05, 4.69) is 4.98 Å². The number of ether oxygens (including phenoxy) is 1. The second kappa shape index (κ2) is 5.35. The van der Waals surface area contributed by atoms with Crippen LogP contribution in [0, 0.1) is 0 Å². The van der Waals surface area contributed by atoms with Gasteiger partial charge in [0.2, 0.25) is 0 Å². The molecule has 1 heterocycles. The summed E-state index contributed by atoms with van der Waals surface area (Å²) in [6.07, 6.45) is 2.81. The van der Waals surface area contributed by atoms with E-state index >= 15 is 0 Å². The molecular weight excluding hydrogens is 276 g/mol. The SMILES string of the molecule is O=c1ncc(Cl)cn1COc1ccc2ccccc2c1. The quantitative estimate of drug-likeness (QED) is 0.743. The molecule has 0 radical (unpaired) electrons. The summed E-state index contributed by atoms with van der Waals surface area (Å²) in [7, 11) is 0. The molecule has 5 heteroatoms. The largest absolute Gasteiger partial charge is 0.473 e. The zero-order valence-corrected chi connectivity index (χ0v) is 11.2. The monoisotopic (exact) mass is 286 g/mol. The van der Waals surface area contributed by atoms with Crippen molar-refractivity contribution in [1.29, 1.82) is 0 Å². The van der Waals surface area contributed by atoms with Gasteiger partial charge in [-0.3, -0.25) is 4.57 Å². The van der Waals surface area contributed by atoms with Crippen molar-refractivity contribution < 1.29 is 4.74 Å². The van der Waals surface area contributed by atoms with E-state index in [9.17, 15) is 4.79 Å². The Morgan fingerprint density at radius 3 is 2.80 bits per heavy atom. The number of aromatic nitrogens is 2. The first kappa shape index (κ1) is 12.7. The maximum absolute atomic E-state index is 11.5. The molecule has 1 aromatic heterocycles. The van der Waals surface area contributed by atoms with Crippen LogP contribution in [0.15, 0.2) is 59.7 Å². The molecule has 4 nitrogen and oxygen atoms in total. The number of hydrogen-bond acceptors (Lipinski definition) is 3. The molecule has 3 aromatic rings. The molecule has 0 saturated heterocycles. The molecule has 0 unspecified atom stereocenters. The first-order valence-corrected chi connectivity index (χ1v) is 6.44. The van der Waals surface area contributed by atoms with Gasteiger partial charge in [0.1, 0.15) is 5.75 Å². The van der Waals surface area contributed by atoms with Crippen LogP contribution in [0.3, 0.4) is 0 Å². The number of benzene rings is 2. The summed E-state index contributed by atoms with van der Waals surface area (Å²) in [5, 5.41) is 2.62. The molecule has 20 heavy (non-hydrogen) atoms. The average Bonchev–Trinajstić information content (AvgIpc) is 2.48. The molecule has 0 aliphatic carbocycles. The third kappa shape index (κ3) is 2.65. The number of nitrogens with zero attached hydrogens (tertiary/aromatic N) is 2. The molecule has 100 valence electrons. The van der Waals surface area contributed by atoms with Crippen LogP contribution in [0.25, 0.3) is 10.8 Å². The minimum absolute atomic E-state index is 0.0741. The summed E-state index contributed by atoms with van der Waals surface area (Å²) in [5.74, 6) is 0.690. The van der Waals surface area contributed by atoms with Crippen molar-refractivity contribution in [2.75, 3.05) is 0 Å². The normalized spacial score (nSPS) is 10.7. The van der Waals surface area contributed by atoms with E-state index < -0.39 is 5.69 Å². The second-order valence-electron chi connectivity index (χ2n) is 4.31. The lowest BCUT2D eigenvalue weighted by atomic mass is 10.1. The fourth-order valence-electron chi connectivity index (χ4n) is 1.92. The molecule has 0 fully saturated rings. The summed E-state index contributed by atoms with van der Waals surface area (Å²) in [6.45, 7) is 0.0741. The highest BCUT2D eigenvalue weighted by Gasteiger charge is 2.01. The van der Waals surface area contributed by atoms with Gasteiger partial charge in [-0.2, -0.15) is 4.98 Å². The van der Waals surface area contributed by atoms with Crippen molar-refractivity contribution in [2.24, 2.45) is 0 Å². The Labute approximate surface area is 120 Å². The van der Waals surface area contributed by atoms with E-state index in [0.29, 0.717) is 10.8 Å². The standard InChI is InChI=1S/C15H11ClN2O2/c16-13-8-17-15(19)18(9-13)10-20-14-6-5-11-3-1-2-4-12(11)7-14/h1-9H,10H2. The molecule has 0 spiro atoms. The molecule has 0 aliphatic rings. The molecular formula is C15H11ClN2O2. The molecule has 2 aromatic carbocycles. The average molecular weight is 287 g/mol. The Hall–Kier alpha value is -2.33. The number of fused-ring (bicyclic) bond motifs is 1. The molecule has 0 aliphatic heterocycles. The van der Waals surface area contributed by atoms with Gasteiger partial charge in [-0.05, 0) is 22.9 Å². The number of halogens is 1. The van der Waals surface area contributed by atoms with Crippen LogP contribution in [-0.4, -0.2) is 9.55 Å². The van der Waals surface area contributed by atoms with Gasteiger partial charge in [0.15, 0.2) is 6.73 Å². The maximum Gasteiger partial charge on any atom is 0.350 e. The van der Waals surface area contributed by atoms with Crippen molar-refractivity contribution in [3.05, 3.63) is 70.4 Å². The zero-order chi connectivity index (χ0) is 13.9. The second-order valence-corrected chi connectivity index (χ2v) is 4.74. The van der Waals surface area contributed by atoms with Crippen LogP contribution >= 0.6 is 11.6 Å². The van der Waals surface area contributed by atoms with Crippen LogP contribution in [0.5, 0.6) is 5.75 Å². The van der Waals surface area contributed by atoms with Crippen LogP contribution in [0.4, 0.5) is 0 Å². The summed E-state index contributed by atoms with van der Waals surface area (Å²) in [6, 6.07) is 13.8. The predicted octanol–water partition coefficient (Wildman–Crippen LogP) is 3.09. The summed E-state index contributed by atoms with van der Waals surface area (Å²) in [5.41, 5.74) is -0.393. The van der Waals surface area contributed by atoms with Crippen LogP contribution in [0.2, 0.25) is 5.02 Å². The van der Waals surface area contributed by atoms with E-state index in [0.717, 1.165) is 10.8 Å². The highest BCUT2D eigenvalue weighted by Crippen LogP contribution is 2.20. The van der Waals surface area contributed by atoms with E-state index in [1.165, 1.54) is 17.0 Å². The summed E-state index contributed by atoms with van der Waals surface area (Å²) >= 11 is 5.80. The van der Waals surface area contributed by atoms with Crippen LogP contribution < -0.4 is 10.4 Å². The van der Waals surface area contributed by atoms with Crippen molar-refractivity contribution in [1.82, 2.24) is 9.55 Å². The molecule has 0 bridgehead atoms. The topological polar surface area (TPSA) is 44.1 Å². The smallest absolute Gasteiger partial charge is 0.350 e. The van der Waals surface area contributed by atoms with Gasteiger partial charge in [-0.25, -0.2) is 4.79 Å². The van der Waals surface area contributed by atoms with Gasteiger partial charge in [0.05, 0.1) is 11.2 Å². The predicted molar refractivity (Wildman–Crippen MR) is 78.1 cm³/mol. The van der Waals surface area contributed by atoms with Gasteiger partial charge in [-0.15, -0.1) is 0 Å². The lowest BCUT2D eigenvalue weighted by molar-refractivity contribution is 0.230. The van der Waals surface area contributed by atoms with Crippen molar-refractivity contribution >= 4 is 22.4 Å². The first-order chi connectivity index (χ1) is 9.72. The fourth-order valence-corrected chi connectivity index (χ4v) is 2.09. The molecule has 3 rings (SSSR count). The lowest BCUT2D eigenvalue weighted by Crippen LogP contribution is -2.24.